The van der Waals surface area contributed by atoms with E-state index in [0.717, 1.165) is 55.4 Å². The number of anilines is 1. The SMILES string of the molecule is C=C/C(=C\C(=C/C)c1nc(-n2c3ccccc3c3ccccc32)nc(-n2c3ccccc3c3cc(N4C5CCC6CC4CC6C5)ccc32)n1)[Si](c1ccccc1)(c1ccccc1)c1ccccc1. The van der Waals surface area contributed by atoms with E-state index in [1.54, 1.807) is 0 Å². The van der Waals surface area contributed by atoms with Gasteiger partial charge < -0.3 is 4.90 Å². The summed E-state index contributed by atoms with van der Waals surface area (Å²) in [6.45, 7) is 6.67. The predicted octanol–water partition coefficient (Wildman–Crippen LogP) is 12.1. The maximum absolute atomic E-state index is 5.56. The fourth-order valence-electron chi connectivity index (χ4n) is 12.9. The van der Waals surface area contributed by atoms with Gasteiger partial charge in [-0.05, 0) is 108 Å². The Morgan fingerprint density at radius 3 is 1.51 bits per heavy atom. The van der Waals surface area contributed by atoms with E-state index >= 15 is 0 Å². The maximum atomic E-state index is 5.56. The average Bonchev–Trinajstić information content (AvgIpc) is 4.01. The third-order valence-corrected chi connectivity index (χ3v) is 20.6. The van der Waals surface area contributed by atoms with Crippen molar-refractivity contribution in [2.24, 2.45) is 11.8 Å². The summed E-state index contributed by atoms with van der Waals surface area (Å²) < 4.78 is 4.49. The van der Waals surface area contributed by atoms with Gasteiger partial charge in [-0.1, -0.05) is 170 Å². The molecule has 7 aromatic carbocycles. The Bertz CT molecular complexity index is 3470. The lowest BCUT2D eigenvalue weighted by Crippen LogP contribution is -2.68. The Morgan fingerprint density at radius 1 is 0.515 bits per heavy atom. The van der Waals surface area contributed by atoms with E-state index < -0.39 is 8.07 Å². The summed E-state index contributed by atoms with van der Waals surface area (Å²) in [6, 6.07) is 67.3. The fraction of sp³-hybridized carbons (Fsp3) is 0.164. The van der Waals surface area contributed by atoms with Crippen LogP contribution in [0.25, 0.3) is 61.1 Å². The minimum Gasteiger partial charge on any atom is -0.366 e. The summed E-state index contributed by atoms with van der Waals surface area (Å²) in [5, 5.41) is 9.68. The van der Waals surface area contributed by atoms with Crippen molar-refractivity contribution in [3.05, 3.63) is 218 Å². The second-order valence-corrected chi connectivity index (χ2v) is 22.9. The van der Waals surface area contributed by atoms with Crippen LogP contribution in [-0.2, 0) is 0 Å². The lowest BCUT2D eigenvalue weighted by atomic mass is 9.78. The van der Waals surface area contributed by atoms with Crippen LogP contribution in [0.15, 0.2) is 212 Å². The van der Waals surface area contributed by atoms with E-state index in [2.05, 4.69) is 228 Å². The minimum absolute atomic E-state index is 0.565. The molecule has 4 unspecified atom stereocenters. The summed E-state index contributed by atoms with van der Waals surface area (Å²) in [6.07, 6.45) is 13.2. The first-order chi connectivity index (χ1) is 33.6. The van der Waals surface area contributed by atoms with Gasteiger partial charge in [0.2, 0.25) is 11.9 Å². The van der Waals surface area contributed by atoms with Crippen LogP contribution >= 0.6 is 0 Å². The molecule has 3 aliphatic rings. The summed E-state index contributed by atoms with van der Waals surface area (Å²) in [4.78, 5) is 19.4. The summed E-state index contributed by atoms with van der Waals surface area (Å²) >= 11 is 0. The first kappa shape index (κ1) is 40.6. The summed E-state index contributed by atoms with van der Waals surface area (Å²) in [5.74, 6) is 3.55. The third-order valence-electron chi connectivity index (χ3n) is 15.7. The van der Waals surface area contributed by atoms with Crippen LogP contribution in [0.1, 0.15) is 44.9 Å². The molecule has 2 aliphatic carbocycles. The number of allylic oxidation sites excluding steroid dienone is 5. The van der Waals surface area contributed by atoms with Crippen LogP contribution in [0.5, 0.6) is 0 Å². The molecule has 68 heavy (non-hydrogen) atoms. The molecule has 4 heterocycles. The van der Waals surface area contributed by atoms with Gasteiger partial charge >= 0.3 is 0 Å². The van der Waals surface area contributed by atoms with E-state index in [1.807, 2.05) is 0 Å². The first-order valence-electron chi connectivity index (χ1n) is 24.4. The smallest absolute Gasteiger partial charge is 0.240 e. The lowest BCUT2D eigenvalue weighted by Gasteiger charge is -2.44. The molecule has 0 amide bonds. The molecule has 4 atom stereocenters. The minimum atomic E-state index is -2.96. The molecule has 13 rings (SSSR count). The van der Waals surface area contributed by atoms with Crippen molar-refractivity contribution in [2.45, 2.75) is 51.1 Å². The molecule has 330 valence electrons. The van der Waals surface area contributed by atoms with Gasteiger partial charge in [0.1, 0.15) is 0 Å². The third kappa shape index (κ3) is 6.25. The highest BCUT2D eigenvalue weighted by molar-refractivity contribution is 7.16. The number of rotatable bonds is 10. The summed E-state index contributed by atoms with van der Waals surface area (Å²) in [5.41, 5.74) is 6.48. The zero-order valence-corrected chi connectivity index (χ0v) is 39.3. The highest BCUT2D eigenvalue weighted by atomic mass is 28.3. The Morgan fingerprint density at radius 2 is 0.985 bits per heavy atom. The number of hydrogen-bond acceptors (Lipinski definition) is 4. The van der Waals surface area contributed by atoms with E-state index in [0.29, 0.717) is 29.8 Å². The number of fused-ring (bicyclic) bond motifs is 8. The second-order valence-electron chi connectivity index (χ2n) is 19.1. The van der Waals surface area contributed by atoms with E-state index in [4.69, 9.17) is 15.0 Å². The fourth-order valence-corrected chi connectivity index (χ4v) is 17.6. The Kier molecular flexibility index (Phi) is 9.75. The largest absolute Gasteiger partial charge is 0.366 e. The van der Waals surface area contributed by atoms with Gasteiger partial charge in [0.15, 0.2) is 13.9 Å². The van der Waals surface area contributed by atoms with Crippen molar-refractivity contribution in [3.8, 4) is 11.9 Å². The number of nitrogens with zero attached hydrogens (tertiary/aromatic N) is 6. The van der Waals surface area contributed by atoms with Crippen LogP contribution in [-0.4, -0.2) is 44.2 Å². The Hall–Kier alpha value is -7.61. The van der Waals surface area contributed by atoms with E-state index in [-0.39, 0.29) is 0 Å². The van der Waals surface area contributed by atoms with Crippen molar-refractivity contribution < 1.29 is 0 Å². The Balaban J connectivity index is 1.06. The molecule has 10 aromatic rings. The molecular formula is C61H52N6Si. The number of aromatic nitrogens is 5. The van der Waals surface area contributed by atoms with Gasteiger partial charge in [0, 0.05) is 44.9 Å². The van der Waals surface area contributed by atoms with Crippen molar-refractivity contribution in [3.63, 3.8) is 0 Å². The highest BCUT2D eigenvalue weighted by Gasteiger charge is 2.48. The van der Waals surface area contributed by atoms with Crippen LogP contribution < -0.4 is 20.5 Å². The van der Waals surface area contributed by atoms with Gasteiger partial charge in [0.05, 0.1) is 22.1 Å². The number of benzene rings is 7. The van der Waals surface area contributed by atoms with E-state index in [9.17, 15) is 0 Å². The molecule has 3 aromatic heterocycles. The molecular weight excluding hydrogens is 845 g/mol. The number of piperidine rings is 1. The van der Waals surface area contributed by atoms with Crippen molar-refractivity contribution in [1.29, 1.82) is 0 Å². The van der Waals surface area contributed by atoms with Crippen molar-refractivity contribution >= 4 is 78.5 Å². The van der Waals surface area contributed by atoms with Crippen LogP contribution in [0, 0.1) is 11.8 Å². The standard InChI is InChI=1S/C61H52N6Si/c1-3-41(39-47(4-2)68(48-20-8-5-9-21-48,49-22-10-6-11-23-49)50-24-12-7-13-25-50)59-62-60(66-55-29-17-14-26-51(55)52-27-15-18-30-56(52)66)64-61(63-59)67-57-31-19-16-28-53(57)54-40-45(34-35-58(54)67)65-44-33-32-42-36-46(65)38-43(42)37-44/h3-31,34-35,39-40,42-44,46H,2,32-33,36-38H2,1H3/b41-3+,47-39+. The van der Waals surface area contributed by atoms with Crippen LogP contribution in [0.3, 0.4) is 0 Å². The molecule has 0 N–H and O–H groups in total. The van der Waals surface area contributed by atoms with Crippen molar-refractivity contribution in [1.82, 2.24) is 24.1 Å². The van der Waals surface area contributed by atoms with Gasteiger partial charge in [-0.2, -0.15) is 15.0 Å². The van der Waals surface area contributed by atoms with E-state index in [1.165, 1.54) is 64.1 Å². The molecule has 3 bridgehead atoms. The highest BCUT2D eigenvalue weighted by Crippen LogP contribution is 2.52. The van der Waals surface area contributed by atoms with Gasteiger partial charge in [0.25, 0.3) is 0 Å². The van der Waals surface area contributed by atoms with Gasteiger partial charge in [-0.15, -0.1) is 0 Å². The molecule has 7 heteroatoms. The number of hydrogen-bond donors (Lipinski definition) is 0. The Labute approximate surface area is 398 Å². The van der Waals surface area contributed by atoms with Crippen molar-refractivity contribution in [2.75, 3.05) is 4.90 Å². The molecule has 2 saturated carbocycles. The van der Waals surface area contributed by atoms with Crippen LogP contribution in [0.2, 0.25) is 0 Å². The van der Waals surface area contributed by atoms with Crippen LogP contribution in [0.4, 0.5) is 5.69 Å². The molecule has 1 saturated heterocycles. The lowest BCUT2D eigenvalue weighted by molar-refractivity contribution is 0.234. The zero-order valence-electron chi connectivity index (χ0n) is 38.3. The molecule has 1 aliphatic heterocycles. The summed E-state index contributed by atoms with van der Waals surface area (Å²) in [7, 11) is -2.96. The zero-order chi connectivity index (χ0) is 45.3. The molecule has 0 radical (unpaired) electrons. The second kappa shape index (κ2) is 16.3. The first-order valence-corrected chi connectivity index (χ1v) is 26.4. The van der Waals surface area contributed by atoms with Gasteiger partial charge in [-0.3, -0.25) is 9.13 Å². The van der Waals surface area contributed by atoms with Gasteiger partial charge in [-0.25, -0.2) is 0 Å². The maximum Gasteiger partial charge on any atom is 0.240 e. The predicted molar refractivity (Wildman–Crippen MR) is 285 cm³/mol. The normalized spacial score (nSPS) is 19.5. The number of para-hydroxylation sites is 3. The molecule has 3 fully saturated rings. The average molecular weight is 897 g/mol. The molecule has 6 nitrogen and oxygen atoms in total. The monoisotopic (exact) mass is 896 g/mol. The molecule has 0 spiro atoms. The topological polar surface area (TPSA) is 51.8 Å². The quantitative estimate of drug-likeness (QED) is 0.0780.